The predicted octanol–water partition coefficient (Wildman–Crippen LogP) is 3.23. The number of nitrogens with zero attached hydrogens (tertiary/aromatic N) is 2. The maximum atomic E-state index is 13.8. The van der Waals surface area contributed by atoms with Crippen LogP contribution in [-0.2, 0) is 6.54 Å². The number of hydrogen-bond acceptors (Lipinski definition) is 5. The van der Waals surface area contributed by atoms with Crippen molar-refractivity contribution in [2.75, 3.05) is 44.2 Å². The van der Waals surface area contributed by atoms with E-state index >= 15 is 0 Å². The third-order valence-corrected chi connectivity index (χ3v) is 7.94. The number of carbonyl (C=O) groups excluding carboxylic acids is 1. The monoisotopic (exact) mass is 461 g/mol. The fourth-order valence-corrected chi connectivity index (χ4v) is 5.59. The molecule has 0 bridgehead atoms. The molecule has 3 N–H and O–H groups in total. The number of amides is 2. The Morgan fingerprint density at radius 3 is 2.50 bits per heavy atom. The lowest BCUT2D eigenvalue weighted by Crippen LogP contribution is -2.53. The number of piperidine rings is 1. The van der Waals surface area contributed by atoms with Gasteiger partial charge in [-0.15, -0.1) is 0 Å². The molecule has 3 aliphatic heterocycles. The summed E-state index contributed by atoms with van der Waals surface area (Å²) in [5.41, 5.74) is 9.71. The van der Waals surface area contributed by atoms with Crippen LogP contribution in [0.4, 0.5) is 10.5 Å². The summed E-state index contributed by atoms with van der Waals surface area (Å²) in [6.07, 6.45) is 4.52. The molecule has 4 fully saturated rings. The van der Waals surface area contributed by atoms with Crippen LogP contribution in [0.2, 0.25) is 0 Å². The van der Waals surface area contributed by atoms with E-state index in [0.717, 1.165) is 75.1 Å². The molecule has 7 nitrogen and oxygen atoms in total. The highest BCUT2D eigenvalue weighted by Crippen LogP contribution is 2.38. The van der Waals surface area contributed by atoms with Gasteiger partial charge in [0.2, 0.25) is 0 Å². The van der Waals surface area contributed by atoms with Crippen LogP contribution in [0.5, 0.6) is 5.75 Å². The number of urea groups is 1. The van der Waals surface area contributed by atoms with Crippen molar-refractivity contribution in [3.8, 4) is 5.75 Å². The number of ether oxygens (including phenoxy) is 1. The fraction of sp³-hybridized carbons (Fsp3) is 0.519. The van der Waals surface area contributed by atoms with Gasteiger partial charge in [-0.2, -0.15) is 0 Å². The van der Waals surface area contributed by atoms with Crippen molar-refractivity contribution in [2.45, 2.75) is 43.7 Å². The Bertz CT molecular complexity index is 1010. The molecule has 3 heterocycles. The van der Waals surface area contributed by atoms with Gasteiger partial charge in [0, 0.05) is 31.2 Å². The van der Waals surface area contributed by atoms with E-state index in [2.05, 4.69) is 63.5 Å². The average Bonchev–Trinajstić information content (AvgIpc) is 3.48. The van der Waals surface area contributed by atoms with Gasteiger partial charge in [0.15, 0.2) is 0 Å². The zero-order chi connectivity index (χ0) is 23.0. The Hall–Kier alpha value is -2.61. The first-order valence-electron chi connectivity index (χ1n) is 12.8. The molecule has 1 aliphatic carbocycles. The highest BCUT2D eigenvalue weighted by atomic mass is 16.5. The molecular weight excluding hydrogens is 426 g/mol. The van der Waals surface area contributed by atoms with Gasteiger partial charge in [0.05, 0.1) is 18.7 Å². The van der Waals surface area contributed by atoms with Gasteiger partial charge in [0.1, 0.15) is 5.75 Å². The van der Waals surface area contributed by atoms with E-state index in [4.69, 9.17) is 4.74 Å². The van der Waals surface area contributed by atoms with Gasteiger partial charge in [-0.3, -0.25) is 15.8 Å². The highest BCUT2D eigenvalue weighted by molar-refractivity contribution is 5.95. The number of nitrogens with one attached hydrogen (secondary N) is 3. The lowest BCUT2D eigenvalue weighted by molar-refractivity contribution is 0.119. The van der Waals surface area contributed by atoms with Gasteiger partial charge < -0.3 is 15.0 Å². The van der Waals surface area contributed by atoms with E-state index in [9.17, 15) is 4.79 Å². The number of carbonyl (C=O) groups is 1. The molecule has 3 saturated heterocycles. The van der Waals surface area contributed by atoms with Gasteiger partial charge in [-0.1, -0.05) is 24.3 Å². The van der Waals surface area contributed by atoms with Crippen molar-refractivity contribution in [2.24, 2.45) is 5.92 Å². The number of hydrogen-bond donors (Lipinski definition) is 3. The SMILES string of the molecule is O=C1N(c2ccc(C3CNNC3)cc2)CC2(CCNCC2)N1Cc1cccc(OCC2CC2)c1. The van der Waals surface area contributed by atoms with Gasteiger partial charge >= 0.3 is 6.03 Å². The minimum Gasteiger partial charge on any atom is -0.493 e. The number of rotatable bonds is 7. The first kappa shape index (κ1) is 21.9. The lowest BCUT2D eigenvalue weighted by Gasteiger charge is -2.40. The number of benzene rings is 2. The van der Waals surface area contributed by atoms with E-state index in [1.165, 1.54) is 18.4 Å². The summed E-state index contributed by atoms with van der Waals surface area (Å²) < 4.78 is 6.01. The zero-order valence-corrected chi connectivity index (χ0v) is 19.8. The minimum atomic E-state index is -0.134. The molecule has 180 valence electrons. The van der Waals surface area contributed by atoms with Crippen LogP contribution in [0.3, 0.4) is 0 Å². The van der Waals surface area contributed by atoms with Gasteiger partial charge in [-0.25, -0.2) is 4.79 Å². The summed E-state index contributed by atoms with van der Waals surface area (Å²) in [5, 5.41) is 3.48. The normalized spacial score (nSPS) is 22.6. The molecule has 4 aliphatic rings. The van der Waals surface area contributed by atoms with Crippen molar-refractivity contribution in [3.63, 3.8) is 0 Å². The Kier molecular flexibility index (Phi) is 5.93. The van der Waals surface area contributed by atoms with Crippen LogP contribution in [-0.4, -0.2) is 55.8 Å². The molecule has 7 heteroatoms. The lowest BCUT2D eigenvalue weighted by atomic mass is 9.87. The number of hydrazine groups is 1. The smallest absolute Gasteiger partial charge is 0.325 e. The summed E-state index contributed by atoms with van der Waals surface area (Å²) >= 11 is 0. The van der Waals surface area contributed by atoms with Crippen LogP contribution >= 0.6 is 0 Å². The van der Waals surface area contributed by atoms with Crippen LogP contribution in [0, 0.1) is 5.92 Å². The molecular formula is C27H35N5O2. The second-order valence-corrected chi connectivity index (χ2v) is 10.4. The summed E-state index contributed by atoms with van der Waals surface area (Å²) in [5.74, 6) is 2.12. The molecule has 1 spiro atoms. The van der Waals surface area contributed by atoms with Crippen molar-refractivity contribution < 1.29 is 9.53 Å². The second-order valence-electron chi connectivity index (χ2n) is 10.4. The zero-order valence-electron chi connectivity index (χ0n) is 19.8. The van der Waals surface area contributed by atoms with E-state index in [-0.39, 0.29) is 11.6 Å². The van der Waals surface area contributed by atoms with E-state index in [1.807, 2.05) is 11.0 Å². The van der Waals surface area contributed by atoms with Crippen molar-refractivity contribution in [1.29, 1.82) is 0 Å². The molecule has 2 aromatic rings. The van der Waals surface area contributed by atoms with E-state index < -0.39 is 0 Å². The number of anilines is 1. The van der Waals surface area contributed by atoms with Crippen LogP contribution < -0.4 is 25.8 Å². The largest absolute Gasteiger partial charge is 0.493 e. The van der Waals surface area contributed by atoms with Gasteiger partial charge in [0.25, 0.3) is 0 Å². The Morgan fingerprint density at radius 1 is 1.00 bits per heavy atom. The van der Waals surface area contributed by atoms with Crippen LogP contribution in [0.1, 0.15) is 42.7 Å². The van der Waals surface area contributed by atoms with Crippen molar-refractivity contribution >= 4 is 11.7 Å². The summed E-state index contributed by atoms with van der Waals surface area (Å²) in [4.78, 5) is 17.9. The van der Waals surface area contributed by atoms with E-state index in [1.54, 1.807) is 0 Å². The van der Waals surface area contributed by atoms with Crippen LogP contribution in [0.15, 0.2) is 48.5 Å². The minimum absolute atomic E-state index is 0.114. The molecule has 2 amide bonds. The summed E-state index contributed by atoms with van der Waals surface area (Å²) in [7, 11) is 0. The molecule has 0 atom stereocenters. The summed E-state index contributed by atoms with van der Waals surface area (Å²) in [6, 6.07) is 17.0. The third-order valence-electron chi connectivity index (χ3n) is 7.94. The van der Waals surface area contributed by atoms with Gasteiger partial charge in [-0.05, 0) is 80.1 Å². The second kappa shape index (κ2) is 9.21. The highest BCUT2D eigenvalue weighted by Gasteiger charge is 2.50. The maximum absolute atomic E-state index is 13.8. The van der Waals surface area contributed by atoms with Crippen molar-refractivity contribution in [1.82, 2.24) is 21.1 Å². The molecule has 0 unspecified atom stereocenters. The first-order valence-corrected chi connectivity index (χ1v) is 12.8. The van der Waals surface area contributed by atoms with E-state index in [0.29, 0.717) is 12.5 Å². The Labute approximate surface area is 201 Å². The molecule has 0 aromatic heterocycles. The topological polar surface area (TPSA) is 68.9 Å². The Morgan fingerprint density at radius 2 is 1.76 bits per heavy atom. The molecule has 6 rings (SSSR count). The average molecular weight is 462 g/mol. The standard InChI is InChI=1S/C27H35N5O2/c33-26-31(24-8-6-22(7-9-24)23-15-29-30-16-23)19-27(10-12-28-13-11-27)32(26)17-21-2-1-3-25(14-21)34-18-20-4-5-20/h1-3,6-9,14,20,23,28-30H,4-5,10-13,15-19H2. The first-order chi connectivity index (χ1) is 16.7. The predicted molar refractivity (Wildman–Crippen MR) is 133 cm³/mol. The molecule has 0 radical (unpaired) electrons. The Balaban J connectivity index is 1.22. The fourth-order valence-electron chi connectivity index (χ4n) is 5.59. The van der Waals surface area contributed by atoms with Crippen molar-refractivity contribution in [3.05, 3.63) is 59.7 Å². The quantitative estimate of drug-likeness (QED) is 0.591. The maximum Gasteiger partial charge on any atom is 0.325 e. The summed E-state index contributed by atoms with van der Waals surface area (Å²) in [6.45, 7) is 5.94. The molecule has 2 aromatic carbocycles. The molecule has 34 heavy (non-hydrogen) atoms. The van der Waals surface area contributed by atoms with Crippen LogP contribution in [0.25, 0.3) is 0 Å². The molecule has 1 saturated carbocycles. The third kappa shape index (κ3) is 4.40.